The third-order valence-corrected chi connectivity index (χ3v) is 1.04. The van der Waals surface area contributed by atoms with Gasteiger partial charge in [-0.1, -0.05) is 13.8 Å². The molecule has 0 aromatic carbocycles. The van der Waals surface area contributed by atoms with E-state index in [0.29, 0.717) is 0 Å². The molecule has 0 N–H and O–H groups in total. The van der Waals surface area contributed by atoms with E-state index in [-0.39, 0.29) is 0 Å². The van der Waals surface area contributed by atoms with Crippen LogP contribution in [0.15, 0.2) is 0 Å². The van der Waals surface area contributed by atoms with Gasteiger partial charge in [0.25, 0.3) is 0 Å². The van der Waals surface area contributed by atoms with Crippen LogP contribution in [0.3, 0.4) is 0 Å². The number of amides is 1. The van der Waals surface area contributed by atoms with Crippen molar-refractivity contribution in [3.8, 4) is 0 Å². The lowest BCUT2D eigenvalue weighted by Gasteiger charge is -2.25. The van der Waals surface area contributed by atoms with Gasteiger partial charge >= 0.3 is 0 Å². The van der Waals surface area contributed by atoms with E-state index in [1.165, 1.54) is 6.42 Å². The molecule has 48 valence electrons. The van der Waals surface area contributed by atoms with Gasteiger partial charge in [0.2, 0.25) is 6.41 Å². The van der Waals surface area contributed by atoms with Crippen LogP contribution in [0, 0.1) is 0 Å². The number of carbonyl (C=O) groups excluding carboxylic acids is 1. The van der Waals surface area contributed by atoms with Gasteiger partial charge in [-0.25, -0.2) is 0 Å². The number of nitrogens with zero attached hydrogens (tertiary/aromatic N) is 1. The minimum Gasteiger partial charge on any atom is -0.345 e. The third-order valence-electron chi connectivity index (χ3n) is 1.04. The maximum atomic E-state index is 9.71. The zero-order valence-electron chi connectivity index (χ0n) is 5.55. The van der Waals surface area contributed by atoms with E-state index in [2.05, 4.69) is 0 Å². The zero-order chi connectivity index (χ0) is 6.41. The van der Waals surface area contributed by atoms with Crippen LogP contribution < -0.4 is 0 Å². The number of rotatable bonds is 1. The molecular formula is C6H13NO. The van der Waals surface area contributed by atoms with Crippen LogP contribution >= 0.6 is 0 Å². The molecule has 1 aliphatic rings. The molecular weight excluding hydrogens is 102 g/mol. The summed E-state index contributed by atoms with van der Waals surface area (Å²) in [6.07, 6.45) is 2.09. The van der Waals surface area contributed by atoms with Crippen LogP contribution in [-0.2, 0) is 4.79 Å². The molecule has 0 aliphatic carbocycles. The molecule has 1 rings (SSSR count). The van der Waals surface area contributed by atoms with E-state index in [9.17, 15) is 4.79 Å². The van der Waals surface area contributed by atoms with Crippen LogP contribution in [0.4, 0.5) is 0 Å². The Labute approximate surface area is 50.5 Å². The Morgan fingerprint density at radius 3 is 1.88 bits per heavy atom. The van der Waals surface area contributed by atoms with E-state index in [1.54, 1.807) is 4.90 Å². The highest BCUT2D eigenvalue weighted by Gasteiger charge is 2.08. The Balaban J connectivity index is 0.000000222. The lowest BCUT2D eigenvalue weighted by molar-refractivity contribution is -0.121. The minimum absolute atomic E-state index is 0.892. The molecule has 2 heteroatoms. The van der Waals surface area contributed by atoms with Gasteiger partial charge in [-0.15, -0.1) is 0 Å². The lowest BCUT2D eigenvalue weighted by Crippen LogP contribution is -2.35. The fourth-order valence-corrected chi connectivity index (χ4v) is 0.446. The van der Waals surface area contributed by atoms with Crippen molar-refractivity contribution < 1.29 is 4.79 Å². The Kier molecular flexibility index (Phi) is 4.32. The quantitative estimate of drug-likeness (QED) is 0.464. The molecule has 2 nitrogen and oxygen atoms in total. The summed E-state index contributed by atoms with van der Waals surface area (Å²) in [7, 11) is 0. The van der Waals surface area contributed by atoms with Crippen molar-refractivity contribution in [3.63, 3.8) is 0 Å². The highest BCUT2D eigenvalue weighted by molar-refractivity contribution is 5.48. The topological polar surface area (TPSA) is 20.3 Å². The van der Waals surface area contributed by atoms with Gasteiger partial charge in [0.15, 0.2) is 0 Å². The SMILES string of the molecule is CC.O=CN1CCC1. The van der Waals surface area contributed by atoms with Crippen molar-refractivity contribution in [3.05, 3.63) is 0 Å². The van der Waals surface area contributed by atoms with Gasteiger partial charge in [-0.3, -0.25) is 4.79 Å². The number of likely N-dealkylation sites (tertiary alicyclic amines) is 1. The average molecular weight is 115 g/mol. The van der Waals surface area contributed by atoms with Crippen LogP contribution in [0.5, 0.6) is 0 Å². The largest absolute Gasteiger partial charge is 0.345 e. The smallest absolute Gasteiger partial charge is 0.209 e. The molecule has 0 bridgehead atoms. The summed E-state index contributed by atoms with van der Waals surface area (Å²) in [4.78, 5) is 11.5. The van der Waals surface area contributed by atoms with E-state index >= 15 is 0 Å². The summed E-state index contributed by atoms with van der Waals surface area (Å²) < 4.78 is 0. The van der Waals surface area contributed by atoms with Crippen molar-refractivity contribution in [1.29, 1.82) is 0 Å². The number of hydrogen-bond acceptors (Lipinski definition) is 1. The molecule has 1 saturated heterocycles. The summed E-state index contributed by atoms with van der Waals surface area (Å²) in [6.45, 7) is 5.95. The second-order valence-corrected chi connectivity index (χ2v) is 1.49. The summed E-state index contributed by atoms with van der Waals surface area (Å²) >= 11 is 0. The second kappa shape index (κ2) is 4.62. The Bertz CT molecular complexity index is 59.5. The molecule has 1 heterocycles. The first-order valence-corrected chi connectivity index (χ1v) is 3.13. The predicted molar refractivity (Wildman–Crippen MR) is 33.6 cm³/mol. The molecule has 0 aromatic rings. The average Bonchev–Trinajstić information content (AvgIpc) is 1.69. The van der Waals surface area contributed by atoms with Crippen molar-refractivity contribution in [1.82, 2.24) is 4.90 Å². The highest BCUT2D eigenvalue weighted by atomic mass is 16.1. The fourth-order valence-electron chi connectivity index (χ4n) is 0.446. The first-order chi connectivity index (χ1) is 3.93. The lowest BCUT2D eigenvalue weighted by atomic mass is 10.2. The van der Waals surface area contributed by atoms with E-state index in [4.69, 9.17) is 0 Å². The summed E-state index contributed by atoms with van der Waals surface area (Å²) in [6, 6.07) is 0. The van der Waals surface area contributed by atoms with Crippen molar-refractivity contribution in [2.45, 2.75) is 20.3 Å². The van der Waals surface area contributed by atoms with Crippen LogP contribution in [0.25, 0.3) is 0 Å². The first-order valence-electron chi connectivity index (χ1n) is 3.13. The molecule has 1 aliphatic heterocycles. The van der Waals surface area contributed by atoms with Crippen LogP contribution in [-0.4, -0.2) is 24.4 Å². The molecule has 0 unspecified atom stereocenters. The van der Waals surface area contributed by atoms with Gasteiger partial charge in [-0.05, 0) is 6.42 Å². The standard InChI is InChI=1S/C4H7NO.C2H6/c6-4-5-2-1-3-5;1-2/h4H,1-3H2;1-2H3. The number of hydrogen-bond donors (Lipinski definition) is 0. The van der Waals surface area contributed by atoms with E-state index in [0.717, 1.165) is 19.5 Å². The molecule has 0 radical (unpaired) electrons. The van der Waals surface area contributed by atoms with Crippen molar-refractivity contribution in [2.75, 3.05) is 13.1 Å². The van der Waals surface area contributed by atoms with Gasteiger partial charge in [0.1, 0.15) is 0 Å². The van der Waals surface area contributed by atoms with Gasteiger partial charge in [0.05, 0.1) is 0 Å². The third kappa shape index (κ3) is 1.96. The van der Waals surface area contributed by atoms with Gasteiger partial charge < -0.3 is 4.90 Å². The predicted octanol–water partition coefficient (Wildman–Crippen LogP) is 0.875. The van der Waals surface area contributed by atoms with Gasteiger partial charge in [-0.2, -0.15) is 0 Å². The fraction of sp³-hybridized carbons (Fsp3) is 0.833. The van der Waals surface area contributed by atoms with Crippen molar-refractivity contribution in [2.24, 2.45) is 0 Å². The molecule has 8 heavy (non-hydrogen) atoms. The Hall–Kier alpha value is -0.530. The van der Waals surface area contributed by atoms with E-state index in [1.807, 2.05) is 13.8 Å². The molecule has 0 spiro atoms. The minimum atomic E-state index is 0.892. The molecule has 0 saturated carbocycles. The molecule has 0 aromatic heterocycles. The second-order valence-electron chi connectivity index (χ2n) is 1.49. The molecule has 0 atom stereocenters. The Morgan fingerprint density at radius 1 is 1.38 bits per heavy atom. The molecule has 1 fully saturated rings. The zero-order valence-corrected chi connectivity index (χ0v) is 5.55. The van der Waals surface area contributed by atoms with Gasteiger partial charge in [0, 0.05) is 13.1 Å². The molecule has 1 amide bonds. The normalized spacial score (nSPS) is 15.5. The van der Waals surface area contributed by atoms with E-state index < -0.39 is 0 Å². The number of carbonyl (C=O) groups is 1. The summed E-state index contributed by atoms with van der Waals surface area (Å²) in [5.74, 6) is 0. The Morgan fingerprint density at radius 2 is 1.88 bits per heavy atom. The van der Waals surface area contributed by atoms with Crippen LogP contribution in [0.1, 0.15) is 20.3 Å². The maximum absolute atomic E-state index is 9.71. The highest BCUT2D eigenvalue weighted by Crippen LogP contribution is 1.99. The maximum Gasteiger partial charge on any atom is 0.209 e. The van der Waals surface area contributed by atoms with Crippen LogP contribution in [0.2, 0.25) is 0 Å². The first kappa shape index (κ1) is 7.47. The summed E-state index contributed by atoms with van der Waals surface area (Å²) in [5, 5.41) is 0. The van der Waals surface area contributed by atoms with Crippen molar-refractivity contribution >= 4 is 6.41 Å². The monoisotopic (exact) mass is 115 g/mol. The summed E-state index contributed by atoms with van der Waals surface area (Å²) in [5.41, 5.74) is 0.